The van der Waals surface area contributed by atoms with Gasteiger partial charge in [0.2, 0.25) is 0 Å². The van der Waals surface area contributed by atoms with Crippen LogP contribution in [0.5, 0.6) is 5.75 Å². The number of aryl methyl sites for hydroxylation is 1. The maximum Gasteiger partial charge on any atom is 0.338 e. The van der Waals surface area contributed by atoms with Crippen molar-refractivity contribution in [1.29, 1.82) is 0 Å². The predicted molar refractivity (Wildman–Crippen MR) is 170 cm³/mol. The van der Waals surface area contributed by atoms with Crippen LogP contribution >= 0.6 is 11.3 Å². The molecule has 3 heterocycles. The molecule has 6 rings (SSSR count). The Hall–Kier alpha value is -5.55. The van der Waals surface area contributed by atoms with Gasteiger partial charge in [0.1, 0.15) is 17.3 Å². The lowest BCUT2D eigenvalue weighted by molar-refractivity contribution is -0.384. The van der Waals surface area contributed by atoms with Gasteiger partial charge in [0.25, 0.3) is 11.2 Å². The zero-order valence-electron chi connectivity index (χ0n) is 24.6. The first kappa shape index (κ1) is 29.5. The Morgan fingerprint density at radius 2 is 1.89 bits per heavy atom. The summed E-state index contributed by atoms with van der Waals surface area (Å²) < 4.78 is 18.7. The Labute approximate surface area is 261 Å². The highest BCUT2D eigenvalue weighted by atomic mass is 32.1. The molecule has 0 saturated heterocycles. The van der Waals surface area contributed by atoms with Crippen LogP contribution in [-0.2, 0) is 9.53 Å². The number of esters is 1. The van der Waals surface area contributed by atoms with Crippen molar-refractivity contribution in [2.24, 2.45) is 4.99 Å². The molecule has 0 bridgehead atoms. The largest absolute Gasteiger partial charge is 0.497 e. The van der Waals surface area contributed by atoms with Gasteiger partial charge in [-0.15, -0.1) is 0 Å². The van der Waals surface area contributed by atoms with Crippen LogP contribution in [0.15, 0.2) is 105 Å². The molecule has 1 aliphatic rings. The number of hydrogen-bond donors (Lipinski definition) is 0. The molecular formula is C34H27N3O7S. The van der Waals surface area contributed by atoms with Crippen molar-refractivity contribution in [2.45, 2.75) is 19.9 Å². The predicted octanol–water partition coefficient (Wildman–Crippen LogP) is 5.42. The lowest BCUT2D eigenvalue weighted by Crippen LogP contribution is -2.40. The van der Waals surface area contributed by atoms with E-state index < -0.39 is 16.9 Å². The number of methoxy groups -OCH3 is 1. The van der Waals surface area contributed by atoms with E-state index in [-0.39, 0.29) is 23.4 Å². The first-order chi connectivity index (χ1) is 21.8. The first-order valence-corrected chi connectivity index (χ1v) is 14.9. The summed E-state index contributed by atoms with van der Waals surface area (Å²) in [6, 6.07) is 23.8. The van der Waals surface area contributed by atoms with Gasteiger partial charge in [0.05, 0.1) is 46.0 Å². The minimum absolute atomic E-state index is 0.0755. The molecule has 0 radical (unpaired) electrons. The van der Waals surface area contributed by atoms with Gasteiger partial charge < -0.3 is 13.9 Å². The third-order valence-corrected chi connectivity index (χ3v) is 8.28. The quantitative estimate of drug-likeness (QED) is 0.129. The van der Waals surface area contributed by atoms with E-state index in [2.05, 4.69) is 0 Å². The highest BCUT2D eigenvalue weighted by molar-refractivity contribution is 7.07. The van der Waals surface area contributed by atoms with Crippen LogP contribution in [-0.4, -0.2) is 29.2 Å². The number of nitro groups is 1. The SMILES string of the molecule is CCOC(=O)C1=C(c2ccccc2)N=c2s/c(=C\c3ccc(-c4ccc(C)cc4[N+](=O)[O-])o3)c(=O)n2[C@@H]1c1cccc(OC)c1. The number of ether oxygens (including phenoxy) is 2. The zero-order chi connectivity index (χ0) is 31.7. The van der Waals surface area contributed by atoms with Gasteiger partial charge in [-0.1, -0.05) is 59.9 Å². The monoisotopic (exact) mass is 621 g/mol. The summed E-state index contributed by atoms with van der Waals surface area (Å²) in [4.78, 5) is 44.2. The van der Waals surface area contributed by atoms with E-state index >= 15 is 0 Å². The summed E-state index contributed by atoms with van der Waals surface area (Å²) in [6.45, 7) is 3.64. The van der Waals surface area contributed by atoms with Crippen molar-refractivity contribution in [3.8, 4) is 17.1 Å². The number of aromatic nitrogens is 1. The summed E-state index contributed by atoms with van der Waals surface area (Å²) in [5, 5.41) is 11.7. The summed E-state index contributed by atoms with van der Waals surface area (Å²) >= 11 is 1.15. The average molecular weight is 622 g/mol. The second kappa shape index (κ2) is 12.2. The third-order valence-electron chi connectivity index (χ3n) is 7.30. The molecule has 45 heavy (non-hydrogen) atoms. The molecule has 3 aromatic carbocycles. The summed E-state index contributed by atoms with van der Waals surface area (Å²) in [6.07, 6.45) is 1.58. The second-order valence-corrected chi connectivity index (χ2v) is 11.2. The van der Waals surface area contributed by atoms with Crippen LogP contribution in [0.3, 0.4) is 0 Å². The maximum absolute atomic E-state index is 14.1. The smallest absolute Gasteiger partial charge is 0.338 e. The Kier molecular flexibility index (Phi) is 8.01. The molecule has 226 valence electrons. The van der Waals surface area contributed by atoms with Crippen molar-refractivity contribution in [3.05, 3.63) is 143 Å². The highest BCUT2D eigenvalue weighted by Crippen LogP contribution is 2.36. The Morgan fingerprint density at radius 3 is 2.62 bits per heavy atom. The van der Waals surface area contributed by atoms with Crippen molar-refractivity contribution in [1.82, 2.24) is 4.57 Å². The molecule has 1 aliphatic heterocycles. The van der Waals surface area contributed by atoms with Crippen LogP contribution in [0, 0.1) is 17.0 Å². The fourth-order valence-electron chi connectivity index (χ4n) is 5.27. The number of fused-ring (bicyclic) bond motifs is 1. The normalized spacial score (nSPS) is 14.6. The number of furan rings is 1. The van der Waals surface area contributed by atoms with Crippen molar-refractivity contribution in [2.75, 3.05) is 13.7 Å². The van der Waals surface area contributed by atoms with Gasteiger partial charge >= 0.3 is 5.97 Å². The van der Waals surface area contributed by atoms with Crippen molar-refractivity contribution >= 4 is 34.8 Å². The molecule has 2 aromatic heterocycles. The minimum Gasteiger partial charge on any atom is -0.497 e. The molecule has 0 amide bonds. The molecule has 1 atom stereocenters. The van der Waals surface area contributed by atoms with E-state index in [1.54, 1.807) is 69.5 Å². The van der Waals surface area contributed by atoms with Crippen LogP contribution < -0.4 is 19.6 Å². The molecule has 0 aliphatic carbocycles. The molecule has 0 unspecified atom stereocenters. The van der Waals surface area contributed by atoms with Gasteiger partial charge in [-0.05, 0) is 55.3 Å². The number of hydrogen-bond acceptors (Lipinski definition) is 9. The lowest BCUT2D eigenvalue weighted by atomic mass is 9.93. The molecule has 0 fully saturated rings. The Balaban J connectivity index is 1.56. The standard InChI is InChI=1S/C34H27N3O7S/c1-4-43-33(39)29-30(21-9-6-5-7-10-21)35-34-36(31(29)22-11-8-12-23(18-22)42-3)32(38)28(45-34)19-24-14-16-27(44-24)25-15-13-20(2)17-26(25)37(40)41/h5-19,31H,4H2,1-3H3/b28-19-/t31-/m1/s1. The van der Waals surface area contributed by atoms with E-state index in [9.17, 15) is 19.7 Å². The minimum atomic E-state index is -0.866. The van der Waals surface area contributed by atoms with Crippen molar-refractivity contribution < 1.29 is 23.6 Å². The van der Waals surface area contributed by atoms with E-state index in [4.69, 9.17) is 18.9 Å². The molecule has 0 saturated carbocycles. The van der Waals surface area contributed by atoms with Gasteiger partial charge in [-0.2, -0.15) is 0 Å². The van der Waals surface area contributed by atoms with Gasteiger partial charge in [-0.25, -0.2) is 9.79 Å². The van der Waals surface area contributed by atoms with Crippen LogP contribution in [0.25, 0.3) is 23.1 Å². The number of nitrogens with zero attached hydrogens (tertiary/aromatic N) is 3. The van der Waals surface area contributed by atoms with Gasteiger partial charge in [0.15, 0.2) is 4.80 Å². The number of rotatable bonds is 8. The molecule has 5 aromatic rings. The first-order valence-electron chi connectivity index (χ1n) is 14.1. The van der Waals surface area contributed by atoms with Crippen molar-refractivity contribution in [3.63, 3.8) is 0 Å². The molecule has 10 nitrogen and oxygen atoms in total. The lowest BCUT2D eigenvalue weighted by Gasteiger charge is -2.26. The second-order valence-electron chi connectivity index (χ2n) is 10.2. The summed E-state index contributed by atoms with van der Waals surface area (Å²) in [5.74, 6) is 0.601. The van der Waals surface area contributed by atoms with E-state index in [0.717, 1.165) is 16.9 Å². The maximum atomic E-state index is 14.1. The van der Waals surface area contributed by atoms with Crippen LogP contribution in [0.2, 0.25) is 0 Å². The molecular weight excluding hydrogens is 594 g/mol. The molecule has 0 N–H and O–H groups in total. The summed E-state index contributed by atoms with van der Waals surface area (Å²) in [5.41, 5.74) is 2.58. The fourth-order valence-corrected chi connectivity index (χ4v) is 6.25. The number of nitro benzene ring substituents is 1. The van der Waals surface area contributed by atoms with Crippen LogP contribution in [0.4, 0.5) is 5.69 Å². The number of benzene rings is 3. The Bertz CT molecular complexity index is 2160. The van der Waals surface area contributed by atoms with Crippen LogP contribution in [0.1, 0.15) is 35.4 Å². The van der Waals surface area contributed by atoms with E-state index in [1.807, 2.05) is 36.4 Å². The zero-order valence-corrected chi connectivity index (χ0v) is 25.4. The third kappa shape index (κ3) is 5.61. The average Bonchev–Trinajstić information content (AvgIpc) is 3.64. The Morgan fingerprint density at radius 1 is 1.09 bits per heavy atom. The van der Waals surface area contributed by atoms with Gasteiger partial charge in [-0.3, -0.25) is 19.5 Å². The van der Waals surface area contributed by atoms with E-state index in [0.29, 0.717) is 49.0 Å². The summed E-state index contributed by atoms with van der Waals surface area (Å²) in [7, 11) is 1.55. The number of carbonyl (C=O) groups excluding carboxylic acids is 1. The topological polar surface area (TPSA) is 126 Å². The number of carbonyl (C=O) groups is 1. The highest BCUT2D eigenvalue weighted by Gasteiger charge is 2.35. The fraction of sp³-hybridized carbons (Fsp3) is 0.147. The molecule has 0 spiro atoms. The molecule has 11 heteroatoms. The van der Waals surface area contributed by atoms with E-state index in [1.165, 1.54) is 10.6 Å². The van der Waals surface area contributed by atoms with Gasteiger partial charge in [0, 0.05) is 17.7 Å². The number of thiazole rings is 1.